The van der Waals surface area contributed by atoms with Crippen LogP contribution in [0.25, 0.3) is 0 Å². The Morgan fingerprint density at radius 3 is 2.78 bits per heavy atom. The fraction of sp³-hybridized carbons (Fsp3) is 0.800. The number of rotatable bonds is 2. The Bertz CT molecular complexity index is 427. The molecule has 0 radical (unpaired) electrons. The van der Waals surface area contributed by atoms with Gasteiger partial charge in [0.1, 0.15) is 0 Å². The SMILES string of the molecule is CC1(C(=O)O)CCCC2(C)C3CC=C(CO)C2C31. The second-order valence-corrected chi connectivity index (χ2v) is 6.86. The van der Waals surface area contributed by atoms with E-state index in [-0.39, 0.29) is 17.9 Å². The van der Waals surface area contributed by atoms with Crippen molar-refractivity contribution >= 4 is 5.97 Å². The maximum Gasteiger partial charge on any atom is 0.309 e. The van der Waals surface area contributed by atoms with E-state index < -0.39 is 11.4 Å². The fourth-order valence-electron chi connectivity index (χ4n) is 5.21. The molecule has 3 aliphatic carbocycles. The van der Waals surface area contributed by atoms with Crippen molar-refractivity contribution in [1.29, 1.82) is 0 Å². The van der Waals surface area contributed by atoms with Gasteiger partial charge >= 0.3 is 5.97 Å². The molecule has 0 aromatic carbocycles. The molecule has 3 heteroatoms. The second kappa shape index (κ2) is 3.60. The molecule has 3 aliphatic rings. The maximum atomic E-state index is 11.7. The molecule has 2 N–H and O–H groups in total. The summed E-state index contributed by atoms with van der Waals surface area (Å²) in [5, 5.41) is 19.2. The third-order valence-electron chi connectivity index (χ3n) is 6.20. The standard InChI is InChI=1S/C15H22O3/c1-14-6-3-7-15(2,13(17)18)12-10(14)5-4-9(8-16)11(12)14/h4,10-12,16H,3,5-8H2,1-2H3,(H,17,18). The van der Waals surface area contributed by atoms with Gasteiger partial charge in [-0.05, 0) is 54.9 Å². The zero-order valence-corrected chi connectivity index (χ0v) is 11.1. The number of hydrogen-bond acceptors (Lipinski definition) is 2. The highest BCUT2D eigenvalue weighted by Gasteiger charge is 2.68. The maximum absolute atomic E-state index is 11.7. The lowest BCUT2D eigenvalue weighted by atomic mass is 9.38. The summed E-state index contributed by atoms with van der Waals surface area (Å²) in [6.45, 7) is 4.32. The summed E-state index contributed by atoms with van der Waals surface area (Å²) < 4.78 is 0. The molecule has 0 amide bonds. The average molecular weight is 250 g/mol. The summed E-state index contributed by atoms with van der Waals surface area (Å²) >= 11 is 0. The van der Waals surface area contributed by atoms with Gasteiger partial charge < -0.3 is 10.2 Å². The number of aliphatic hydroxyl groups is 1. The highest BCUT2D eigenvalue weighted by atomic mass is 16.4. The summed E-state index contributed by atoms with van der Waals surface area (Å²) in [6, 6.07) is 0. The van der Waals surface area contributed by atoms with Gasteiger partial charge in [0.05, 0.1) is 12.0 Å². The van der Waals surface area contributed by atoms with Gasteiger partial charge in [0.2, 0.25) is 0 Å². The van der Waals surface area contributed by atoms with Crippen LogP contribution in [0.3, 0.4) is 0 Å². The molecule has 2 fully saturated rings. The number of fused-ring (bicyclic) bond motifs is 1. The van der Waals surface area contributed by atoms with Crippen LogP contribution in [0.5, 0.6) is 0 Å². The van der Waals surface area contributed by atoms with Gasteiger partial charge in [0, 0.05) is 0 Å². The molecule has 0 spiro atoms. The van der Waals surface area contributed by atoms with Crippen LogP contribution in [0.15, 0.2) is 11.6 Å². The first-order valence-electron chi connectivity index (χ1n) is 6.98. The Morgan fingerprint density at radius 2 is 2.17 bits per heavy atom. The topological polar surface area (TPSA) is 57.5 Å². The molecule has 5 atom stereocenters. The fourth-order valence-corrected chi connectivity index (χ4v) is 5.21. The van der Waals surface area contributed by atoms with E-state index in [4.69, 9.17) is 0 Å². The number of hydrogen-bond donors (Lipinski definition) is 2. The minimum atomic E-state index is -0.648. The van der Waals surface area contributed by atoms with Crippen molar-refractivity contribution < 1.29 is 15.0 Å². The van der Waals surface area contributed by atoms with Gasteiger partial charge in [-0.2, -0.15) is 0 Å². The van der Waals surface area contributed by atoms with Crippen LogP contribution in [0.1, 0.15) is 39.5 Å². The van der Waals surface area contributed by atoms with Crippen LogP contribution in [-0.2, 0) is 4.79 Å². The Hall–Kier alpha value is -0.830. The van der Waals surface area contributed by atoms with Crippen molar-refractivity contribution in [2.75, 3.05) is 6.61 Å². The number of aliphatic carboxylic acids is 1. The molecule has 0 aliphatic heterocycles. The molecular weight excluding hydrogens is 228 g/mol. The van der Waals surface area contributed by atoms with Crippen molar-refractivity contribution in [3.8, 4) is 0 Å². The van der Waals surface area contributed by atoms with Crippen molar-refractivity contribution in [3.05, 3.63) is 11.6 Å². The number of allylic oxidation sites excluding steroid dienone is 1. The van der Waals surface area contributed by atoms with E-state index in [1.165, 1.54) is 0 Å². The lowest BCUT2D eigenvalue weighted by molar-refractivity contribution is -0.179. The summed E-state index contributed by atoms with van der Waals surface area (Å²) in [4.78, 5) is 11.7. The van der Waals surface area contributed by atoms with Crippen molar-refractivity contribution in [1.82, 2.24) is 0 Å². The van der Waals surface area contributed by atoms with E-state index in [0.717, 1.165) is 31.3 Å². The molecule has 0 heterocycles. The van der Waals surface area contributed by atoms with Gasteiger partial charge in [-0.25, -0.2) is 0 Å². The number of carbonyl (C=O) groups is 1. The number of carboxylic acids is 1. The first kappa shape index (κ1) is 12.2. The van der Waals surface area contributed by atoms with Crippen LogP contribution < -0.4 is 0 Å². The first-order valence-corrected chi connectivity index (χ1v) is 6.98. The van der Waals surface area contributed by atoms with Crippen LogP contribution in [-0.4, -0.2) is 22.8 Å². The predicted molar refractivity (Wildman–Crippen MR) is 68.0 cm³/mol. The summed E-state index contributed by atoms with van der Waals surface area (Å²) in [6.07, 6.45) is 6.01. The van der Waals surface area contributed by atoms with Crippen molar-refractivity contribution in [2.45, 2.75) is 39.5 Å². The quantitative estimate of drug-likeness (QED) is 0.740. The van der Waals surface area contributed by atoms with E-state index in [1.54, 1.807) is 0 Å². The zero-order valence-electron chi connectivity index (χ0n) is 11.1. The monoisotopic (exact) mass is 250 g/mol. The van der Waals surface area contributed by atoms with Gasteiger partial charge in [-0.1, -0.05) is 19.4 Å². The van der Waals surface area contributed by atoms with Crippen LogP contribution in [0, 0.1) is 28.6 Å². The molecule has 3 nitrogen and oxygen atoms in total. The number of aliphatic hydroxyl groups excluding tert-OH is 1. The molecule has 5 unspecified atom stereocenters. The molecule has 0 aromatic rings. The lowest BCUT2D eigenvalue weighted by Gasteiger charge is -2.65. The van der Waals surface area contributed by atoms with Gasteiger partial charge in [0.15, 0.2) is 0 Å². The van der Waals surface area contributed by atoms with E-state index in [9.17, 15) is 15.0 Å². The molecule has 3 rings (SSSR count). The van der Waals surface area contributed by atoms with Gasteiger partial charge in [-0.15, -0.1) is 0 Å². The Balaban J connectivity index is 2.06. The van der Waals surface area contributed by atoms with Gasteiger partial charge in [0.25, 0.3) is 0 Å². The van der Waals surface area contributed by atoms with Crippen LogP contribution in [0.2, 0.25) is 0 Å². The lowest BCUT2D eigenvalue weighted by Crippen LogP contribution is -2.62. The largest absolute Gasteiger partial charge is 0.481 e. The van der Waals surface area contributed by atoms with E-state index >= 15 is 0 Å². The summed E-state index contributed by atoms with van der Waals surface area (Å²) in [5.74, 6) is 0.381. The third kappa shape index (κ3) is 1.21. The molecule has 18 heavy (non-hydrogen) atoms. The molecule has 2 saturated carbocycles. The summed E-state index contributed by atoms with van der Waals surface area (Å²) in [5.41, 5.74) is 0.740. The Kier molecular flexibility index (Phi) is 2.44. The normalized spacial score (nSPS) is 49.9. The number of carboxylic acid groups (broad SMARTS) is 1. The highest BCUT2D eigenvalue weighted by Crippen LogP contribution is 2.72. The van der Waals surface area contributed by atoms with Crippen LogP contribution in [0.4, 0.5) is 0 Å². The third-order valence-corrected chi connectivity index (χ3v) is 6.20. The zero-order chi connectivity index (χ0) is 13.1. The molecule has 0 saturated heterocycles. The minimum absolute atomic E-state index is 0.0964. The van der Waals surface area contributed by atoms with E-state index in [1.807, 2.05) is 6.92 Å². The second-order valence-electron chi connectivity index (χ2n) is 6.86. The van der Waals surface area contributed by atoms with Crippen LogP contribution >= 0.6 is 0 Å². The molecular formula is C15H22O3. The Labute approximate surface area is 108 Å². The van der Waals surface area contributed by atoms with E-state index in [2.05, 4.69) is 13.0 Å². The van der Waals surface area contributed by atoms with Crippen molar-refractivity contribution in [2.24, 2.45) is 28.6 Å². The smallest absolute Gasteiger partial charge is 0.309 e. The Morgan fingerprint density at radius 1 is 1.44 bits per heavy atom. The first-order chi connectivity index (χ1) is 8.45. The highest BCUT2D eigenvalue weighted by molar-refractivity contribution is 5.75. The average Bonchev–Trinajstić information content (AvgIpc) is 2.55. The van der Waals surface area contributed by atoms with E-state index in [0.29, 0.717) is 11.8 Å². The molecule has 0 aromatic heterocycles. The molecule has 100 valence electrons. The van der Waals surface area contributed by atoms with Crippen molar-refractivity contribution in [3.63, 3.8) is 0 Å². The van der Waals surface area contributed by atoms with Gasteiger partial charge in [-0.3, -0.25) is 4.79 Å². The molecule has 4 bridgehead atoms. The summed E-state index contributed by atoms with van der Waals surface area (Å²) in [7, 11) is 0. The minimum Gasteiger partial charge on any atom is -0.481 e. The predicted octanol–water partition coefficient (Wildman–Crippen LogP) is 2.45.